The van der Waals surface area contributed by atoms with Crippen molar-refractivity contribution in [3.63, 3.8) is 0 Å². The minimum Gasteiger partial charge on any atom is -0.392 e. The van der Waals surface area contributed by atoms with Gasteiger partial charge in [0.25, 0.3) is 0 Å². The Labute approximate surface area is 119 Å². The summed E-state index contributed by atoms with van der Waals surface area (Å²) in [6.45, 7) is 6.22. The van der Waals surface area contributed by atoms with E-state index in [0.717, 1.165) is 37.6 Å². The zero-order valence-corrected chi connectivity index (χ0v) is 12.1. The second kappa shape index (κ2) is 5.41. The maximum atomic E-state index is 9.78. The van der Waals surface area contributed by atoms with E-state index in [2.05, 4.69) is 28.9 Å². The van der Waals surface area contributed by atoms with E-state index in [1.165, 1.54) is 5.56 Å². The number of hydrogen-bond donors (Lipinski definition) is 1. The topological polar surface area (TPSA) is 26.7 Å². The second-order valence-corrected chi connectivity index (χ2v) is 6.34. The molecule has 3 rings (SSSR count). The van der Waals surface area contributed by atoms with Gasteiger partial charge in [0.05, 0.1) is 6.10 Å². The first-order chi connectivity index (χ1) is 9.11. The minimum absolute atomic E-state index is 0.132. The zero-order valence-electron chi connectivity index (χ0n) is 11.3. The van der Waals surface area contributed by atoms with Crippen molar-refractivity contribution in [1.82, 2.24) is 9.80 Å². The number of hydrogen-bond acceptors (Lipinski definition) is 3. The molecule has 2 heterocycles. The first kappa shape index (κ1) is 13.4. The molecule has 1 unspecified atom stereocenters. The summed E-state index contributed by atoms with van der Waals surface area (Å²) in [5.41, 5.74) is 1.31. The Bertz CT molecular complexity index is 436. The predicted molar refractivity (Wildman–Crippen MR) is 77.3 cm³/mol. The molecule has 2 aliphatic heterocycles. The van der Waals surface area contributed by atoms with Gasteiger partial charge in [-0.25, -0.2) is 0 Å². The van der Waals surface area contributed by atoms with E-state index >= 15 is 0 Å². The summed E-state index contributed by atoms with van der Waals surface area (Å²) in [4.78, 5) is 4.95. The number of aliphatic hydroxyl groups excluding tert-OH is 1. The largest absolute Gasteiger partial charge is 0.392 e. The highest BCUT2D eigenvalue weighted by atomic mass is 35.5. The number of nitrogens with zero attached hydrogens (tertiary/aromatic N) is 2. The smallest absolute Gasteiger partial charge is 0.0682 e. The van der Waals surface area contributed by atoms with Gasteiger partial charge in [0.2, 0.25) is 0 Å². The molecule has 0 saturated carbocycles. The van der Waals surface area contributed by atoms with Crippen LogP contribution in [0.2, 0.25) is 5.02 Å². The fraction of sp³-hybridized carbons (Fsp3) is 0.600. The van der Waals surface area contributed by atoms with Crippen LogP contribution in [0, 0.1) is 0 Å². The molecule has 2 fully saturated rings. The molecule has 0 bridgehead atoms. The van der Waals surface area contributed by atoms with E-state index in [1.807, 2.05) is 12.1 Å². The van der Waals surface area contributed by atoms with Crippen molar-refractivity contribution in [2.24, 2.45) is 0 Å². The monoisotopic (exact) mass is 280 g/mol. The van der Waals surface area contributed by atoms with Crippen LogP contribution in [0.15, 0.2) is 24.3 Å². The molecule has 0 aromatic heterocycles. The first-order valence-electron chi connectivity index (χ1n) is 7.02. The molecular weight excluding hydrogens is 260 g/mol. The number of fused-ring (bicyclic) bond motifs is 1. The Morgan fingerprint density at radius 1 is 1.21 bits per heavy atom. The lowest BCUT2D eigenvalue weighted by Crippen LogP contribution is -2.54. The van der Waals surface area contributed by atoms with E-state index in [-0.39, 0.29) is 6.10 Å². The van der Waals surface area contributed by atoms with Crippen LogP contribution in [0.3, 0.4) is 0 Å². The van der Waals surface area contributed by atoms with Crippen LogP contribution in [0.25, 0.3) is 0 Å². The maximum absolute atomic E-state index is 9.78. The van der Waals surface area contributed by atoms with Gasteiger partial charge < -0.3 is 5.11 Å². The van der Waals surface area contributed by atoms with Crippen LogP contribution in [0.5, 0.6) is 0 Å². The Morgan fingerprint density at radius 2 is 1.95 bits per heavy atom. The fourth-order valence-corrected chi connectivity index (χ4v) is 3.45. The van der Waals surface area contributed by atoms with Crippen molar-refractivity contribution in [3.8, 4) is 0 Å². The molecule has 0 radical (unpaired) electrons. The highest BCUT2D eigenvalue weighted by Crippen LogP contribution is 2.26. The van der Waals surface area contributed by atoms with E-state index in [4.69, 9.17) is 11.6 Å². The molecule has 1 aromatic rings. The lowest BCUT2D eigenvalue weighted by atomic mass is 10.1. The SMILES string of the molecule is C[C@H]1CN2C[C@H](O)CC2CN1Cc1ccc(Cl)cc1. The zero-order chi connectivity index (χ0) is 13.4. The number of rotatable bonds is 2. The average Bonchev–Trinajstić information content (AvgIpc) is 2.72. The quantitative estimate of drug-likeness (QED) is 0.897. The van der Waals surface area contributed by atoms with Gasteiger partial charge in [0.15, 0.2) is 0 Å². The predicted octanol–water partition coefficient (Wildman–Crippen LogP) is 1.98. The molecule has 2 aliphatic rings. The van der Waals surface area contributed by atoms with Gasteiger partial charge >= 0.3 is 0 Å². The summed E-state index contributed by atoms with van der Waals surface area (Å²) in [5.74, 6) is 0. The molecular formula is C15H21ClN2O. The van der Waals surface area contributed by atoms with Crippen LogP contribution in [-0.2, 0) is 6.54 Å². The fourth-order valence-electron chi connectivity index (χ4n) is 3.32. The lowest BCUT2D eigenvalue weighted by Gasteiger charge is -2.42. The van der Waals surface area contributed by atoms with E-state index in [9.17, 15) is 5.11 Å². The summed E-state index contributed by atoms with van der Waals surface area (Å²) in [7, 11) is 0. The normalized spacial score (nSPS) is 32.5. The van der Waals surface area contributed by atoms with Crippen LogP contribution < -0.4 is 0 Å². The van der Waals surface area contributed by atoms with Gasteiger partial charge in [-0.15, -0.1) is 0 Å². The summed E-state index contributed by atoms with van der Waals surface area (Å²) in [5, 5.41) is 10.6. The molecule has 1 aromatic carbocycles. The molecule has 1 N–H and O–H groups in total. The molecule has 0 aliphatic carbocycles. The minimum atomic E-state index is -0.132. The highest BCUT2D eigenvalue weighted by Gasteiger charge is 2.37. The van der Waals surface area contributed by atoms with E-state index < -0.39 is 0 Å². The summed E-state index contributed by atoms with van der Waals surface area (Å²) in [6, 6.07) is 9.18. The Balaban J connectivity index is 1.66. The second-order valence-electron chi connectivity index (χ2n) is 5.90. The van der Waals surface area contributed by atoms with Gasteiger partial charge in [-0.2, -0.15) is 0 Å². The van der Waals surface area contributed by atoms with Gasteiger partial charge in [0, 0.05) is 43.3 Å². The highest BCUT2D eigenvalue weighted by molar-refractivity contribution is 6.30. The summed E-state index contributed by atoms with van der Waals surface area (Å²) in [6.07, 6.45) is 0.789. The van der Waals surface area contributed by atoms with Gasteiger partial charge in [0.1, 0.15) is 0 Å². The van der Waals surface area contributed by atoms with Gasteiger partial charge in [-0.3, -0.25) is 9.80 Å². The molecule has 4 heteroatoms. The van der Waals surface area contributed by atoms with Crippen molar-refractivity contribution in [1.29, 1.82) is 0 Å². The van der Waals surface area contributed by atoms with Crippen molar-refractivity contribution in [2.45, 2.75) is 38.1 Å². The van der Waals surface area contributed by atoms with Crippen LogP contribution >= 0.6 is 11.6 Å². The van der Waals surface area contributed by atoms with Gasteiger partial charge in [-0.05, 0) is 31.0 Å². The third-order valence-corrected chi connectivity index (χ3v) is 4.62. The molecule has 2 saturated heterocycles. The van der Waals surface area contributed by atoms with E-state index in [0.29, 0.717) is 12.1 Å². The molecule has 3 nitrogen and oxygen atoms in total. The number of aliphatic hydroxyl groups is 1. The number of benzene rings is 1. The molecule has 0 spiro atoms. The standard InChI is InChI=1S/C15H21ClN2O/c1-11-7-18-10-15(19)6-14(18)9-17(11)8-12-2-4-13(16)5-3-12/h2-5,11,14-15,19H,6-10H2,1H3/t11-,14?,15+/m0/s1. The maximum Gasteiger partial charge on any atom is 0.0682 e. The third-order valence-electron chi connectivity index (χ3n) is 4.37. The van der Waals surface area contributed by atoms with Gasteiger partial charge in [-0.1, -0.05) is 23.7 Å². The summed E-state index contributed by atoms with van der Waals surface area (Å²) < 4.78 is 0. The number of halogens is 1. The number of piperazine rings is 1. The van der Waals surface area contributed by atoms with Crippen molar-refractivity contribution >= 4 is 11.6 Å². The third kappa shape index (κ3) is 2.95. The first-order valence-corrected chi connectivity index (χ1v) is 7.40. The Kier molecular flexibility index (Phi) is 3.81. The molecule has 19 heavy (non-hydrogen) atoms. The lowest BCUT2D eigenvalue weighted by molar-refractivity contribution is 0.0528. The van der Waals surface area contributed by atoms with Crippen molar-refractivity contribution in [3.05, 3.63) is 34.9 Å². The molecule has 3 atom stereocenters. The van der Waals surface area contributed by atoms with Crippen molar-refractivity contribution < 1.29 is 5.11 Å². The van der Waals surface area contributed by atoms with Crippen molar-refractivity contribution in [2.75, 3.05) is 19.6 Å². The Hall–Kier alpha value is -0.610. The van der Waals surface area contributed by atoms with Crippen LogP contribution in [-0.4, -0.2) is 52.7 Å². The molecule has 104 valence electrons. The van der Waals surface area contributed by atoms with Crippen LogP contribution in [0.4, 0.5) is 0 Å². The molecule has 0 amide bonds. The Morgan fingerprint density at radius 3 is 2.68 bits per heavy atom. The van der Waals surface area contributed by atoms with E-state index in [1.54, 1.807) is 0 Å². The van der Waals surface area contributed by atoms with Crippen LogP contribution in [0.1, 0.15) is 18.9 Å². The summed E-state index contributed by atoms with van der Waals surface area (Å²) >= 11 is 5.92. The average molecular weight is 281 g/mol.